The van der Waals surface area contributed by atoms with Gasteiger partial charge in [-0.1, -0.05) is 43.2 Å². The fourth-order valence-corrected chi connectivity index (χ4v) is 4.32. The molecule has 0 aliphatic heterocycles. The molecule has 182 valence electrons. The highest BCUT2D eigenvalue weighted by molar-refractivity contribution is 6.04. The summed E-state index contributed by atoms with van der Waals surface area (Å²) < 4.78 is 10.4. The third-order valence-electron chi connectivity index (χ3n) is 6.09. The Balaban J connectivity index is 1.66. The van der Waals surface area contributed by atoms with E-state index < -0.39 is 17.9 Å². The smallest absolute Gasteiger partial charge is 0.287 e. The van der Waals surface area contributed by atoms with Gasteiger partial charge in [-0.3, -0.25) is 19.3 Å². The summed E-state index contributed by atoms with van der Waals surface area (Å²) in [6, 6.07) is 18.3. The van der Waals surface area contributed by atoms with Crippen LogP contribution < -0.4 is 20.3 Å². The Morgan fingerprint density at radius 2 is 1.71 bits per heavy atom. The monoisotopic (exact) mass is 475 g/mol. The van der Waals surface area contributed by atoms with Gasteiger partial charge < -0.3 is 19.8 Å². The van der Waals surface area contributed by atoms with Crippen LogP contribution in [0.4, 0.5) is 5.69 Å². The SMILES string of the molecule is COc1ccc(C(C(=O)NC2CCCC2)N(C(=O)CNC(=O)c2ccco2)c2ccccc2)cc1. The Kier molecular flexibility index (Phi) is 7.82. The Morgan fingerprint density at radius 3 is 2.34 bits per heavy atom. The van der Waals surface area contributed by atoms with Gasteiger partial charge in [0.1, 0.15) is 11.8 Å². The van der Waals surface area contributed by atoms with Crippen LogP contribution in [0.5, 0.6) is 5.75 Å². The number of para-hydroxylation sites is 1. The van der Waals surface area contributed by atoms with Crippen LogP contribution in [-0.4, -0.2) is 37.4 Å². The summed E-state index contributed by atoms with van der Waals surface area (Å²) >= 11 is 0. The van der Waals surface area contributed by atoms with E-state index in [-0.39, 0.29) is 24.3 Å². The molecule has 0 saturated heterocycles. The molecule has 1 saturated carbocycles. The molecule has 0 bridgehead atoms. The fraction of sp³-hybridized carbons (Fsp3) is 0.296. The van der Waals surface area contributed by atoms with Crippen molar-refractivity contribution in [3.63, 3.8) is 0 Å². The Morgan fingerprint density at radius 1 is 1.00 bits per heavy atom. The molecule has 1 heterocycles. The van der Waals surface area contributed by atoms with Gasteiger partial charge in [-0.25, -0.2) is 0 Å². The molecule has 1 unspecified atom stereocenters. The third kappa shape index (κ3) is 5.90. The van der Waals surface area contributed by atoms with Gasteiger partial charge in [0, 0.05) is 11.7 Å². The van der Waals surface area contributed by atoms with Crippen LogP contribution in [0, 0.1) is 0 Å². The van der Waals surface area contributed by atoms with Crippen molar-refractivity contribution in [2.24, 2.45) is 0 Å². The van der Waals surface area contributed by atoms with Crippen molar-refractivity contribution < 1.29 is 23.5 Å². The van der Waals surface area contributed by atoms with Crippen molar-refractivity contribution in [2.45, 2.75) is 37.8 Å². The molecule has 2 aromatic carbocycles. The summed E-state index contributed by atoms with van der Waals surface area (Å²) in [5.74, 6) is -0.454. The molecule has 1 aromatic heterocycles. The normalized spacial score (nSPS) is 14.2. The van der Waals surface area contributed by atoms with E-state index in [1.54, 1.807) is 61.7 Å². The van der Waals surface area contributed by atoms with E-state index in [1.165, 1.54) is 17.2 Å². The summed E-state index contributed by atoms with van der Waals surface area (Å²) in [5.41, 5.74) is 1.18. The van der Waals surface area contributed by atoms with Gasteiger partial charge in [0.25, 0.3) is 5.91 Å². The highest BCUT2D eigenvalue weighted by Gasteiger charge is 2.34. The molecule has 2 N–H and O–H groups in total. The van der Waals surface area contributed by atoms with Crippen molar-refractivity contribution >= 4 is 23.4 Å². The lowest BCUT2D eigenvalue weighted by Gasteiger charge is -2.32. The third-order valence-corrected chi connectivity index (χ3v) is 6.09. The number of benzene rings is 2. The van der Waals surface area contributed by atoms with Gasteiger partial charge in [0.15, 0.2) is 5.76 Å². The van der Waals surface area contributed by atoms with Gasteiger partial charge >= 0.3 is 0 Å². The van der Waals surface area contributed by atoms with Crippen LogP contribution in [0.3, 0.4) is 0 Å². The van der Waals surface area contributed by atoms with E-state index in [2.05, 4.69) is 10.6 Å². The molecule has 35 heavy (non-hydrogen) atoms. The number of ether oxygens (including phenoxy) is 1. The number of nitrogens with one attached hydrogen (secondary N) is 2. The maximum Gasteiger partial charge on any atom is 0.287 e. The quantitative estimate of drug-likeness (QED) is 0.490. The van der Waals surface area contributed by atoms with Crippen LogP contribution in [0.1, 0.15) is 47.8 Å². The summed E-state index contributed by atoms with van der Waals surface area (Å²) in [6.07, 6.45) is 5.36. The first-order valence-electron chi connectivity index (χ1n) is 11.7. The zero-order valence-electron chi connectivity index (χ0n) is 19.6. The molecule has 1 atom stereocenters. The number of furan rings is 1. The second-order valence-corrected chi connectivity index (χ2v) is 8.42. The summed E-state index contributed by atoms with van der Waals surface area (Å²) in [4.78, 5) is 41.0. The molecule has 1 aliphatic carbocycles. The van der Waals surface area contributed by atoms with Gasteiger partial charge in [0.05, 0.1) is 19.9 Å². The van der Waals surface area contributed by atoms with Crippen molar-refractivity contribution in [3.05, 3.63) is 84.3 Å². The van der Waals surface area contributed by atoms with E-state index in [0.29, 0.717) is 17.0 Å². The van der Waals surface area contributed by atoms with Crippen LogP contribution in [-0.2, 0) is 9.59 Å². The Labute approximate surface area is 204 Å². The van der Waals surface area contributed by atoms with Gasteiger partial charge in [0.2, 0.25) is 11.8 Å². The first-order chi connectivity index (χ1) is 17.1. The molecule has 8 nitrogen and oxygen atoms in total. The second kappa shape index (κ2) is 11.4. The molecular formula is C27H29N3O5. The standard InChI is InChI=1S/C27H29N3O5/c1-34-22-15-13-19(14-16-22)25(27(33)29-20-8-5-6-9-20)30(21-10-3-2-4-11-21)24(31)18-28-26(32)23-12-7-17-35-23/h2-4,7,10-17,20,25H,5-6,8-9,18H2,1H3,(H,28,32)(H,29,33). The first-order valence-corrected chi connectivity index (χ1v) is 11.7. The minimum atomic E-state index is -0.933. The number of amides is 3. The number of methoxy groups -OCH3 is 1. The second-order valence-electron chi connectivity index (χ2n) is 8.42. The molecular weight excluding hydrogens is 446 g/mol. The van der Waals surface area contributed by atoms with E-state index >= 15 is 0 Å². The Hall–Kier alpha value is -4.07. The maximum absolute atomic E-state index is 13.7. The zero-order chi connectivity index (χ0) is 24.6. The average Bonchev–Trinajstić information content (AvgIpc) is 3.61. The predicted octanol–water partition coefficient (Wildman–Crippen LogP) is 3.85. The summed E-state index contributed by atoms with van der Waals surface area (Å²) in [5, 5.41) is 5.73. The molecule has 8 heteroatoms. The average molecular weight is 476 g/mol. The largest absolute Gasteiger partial charge is 0.497 e. The topological polar surface area (TPSA) is 101 Å². The van der Waals surface area contributed by atoms with E-state index in [4.69, 9.17) is 9.15 Å². The highest BCUT2D eigenvalue weighted by atomic mass is 16.5. The number of rotatable bonds is 9. The molecule has 3 aromatic rings. The molecule has 1 fully saturated rings. The summed E-state index contributed by atoms with van der Waals surface area (Å²) in [7, 11) is 1.57. The number of carbonyl (C=O) groups is 3. The molecule has 1 aliphatic rings. The van der Waals surface area contributed by atoms with Crippen molar-refractivity contribution in [1.29, 1.82) is 0 Å². The highest BCUT2D eigenvalue weighted by Crippen LogP contribution is 2.30. The van der Waals surface area contributed by atoms with Gasteiger partial charge in [-0.05, 0) is 54.8 Å². The van der Waals surface area contributed by atoms with Gasteiger partial charge in [-0.15, -0.1) is 0 Å². The minimum Gasteiger partial charge on any atom is -0.497 e. The van der Waals surface area contributed by atoms with Crippen LogP contribution in [0.2, 0.25) is 0 Å². The maximum atomic E-state index is 13.7. The molecule has 0 radical (unpaired) electrons. The Bertz CT molecular complexity index is 1120. The molecule has 3 amide bonds. The van der Waals surface area contributed by atoms with Crippen molar-refractivity contribution in [3.8, 4) is 5.75 Å². The summed E-state index contributed by atoms with van der Waals surface area (Å²) in [6.45, 7) is -0.308. The predicted molar refractivity (Wildman–Crippen MR) is 131 cm³/mol. The van der Waals surface area contributed by atoms with E-state index in [1.807, 2.05) is 6.07 Å². The van der Waals surface area contributed by atoms with Crippen LogP contribution >= 0.6 is 0 Å². The zero-order valence-corrected chi connectivity index (χ0v) is 19.6. The van der Waals surface area contributed by atoms with Crippen molar-refractivity contribution in [2.75, 3.05) is 18.6 Å². The number of anilines is 1. The number of hydrogen-bond donors (Lipinski definition) is 2. The fourth-order valence-electron chi connectivity index (χ4n) is 4.32. The minimum absolute atomic E-state index is 0.0784. The van der Waals surface area contributed by atoms with E-state index in [0.717, 1.165) is 25.7 Å². The lowest BCUT2D eigenvalue weighted by atomic mass is 10.0. The molecule has 0 spiro atoms. The van der Waals surface area contributed by atoms with Crippen LogP contribution in [0.25, 0.3) is 0 Å². The molecule has 4 rings (SSSR count). The van der Waals surface area contributed by atoms with Gasteiger partial charge in [-0.2, -0.15) is 0 Å². The first kappa shape index (κ1) is 24.1. The number of nitrogens with zero attached hydrogens (tertiary/aromatic N) is 1. The van der Waals surface area contributed by atoms with E-state index in [9.17, 15) is 14.4 Å². The number of hydrogen-bond acceptors (Lipinski definition) is 5. The lowest BCUT2D eigenvalue weighted by molar-refractivity contribution is -0.126. The lowest BCUT2D eigenvalue weighted by Crippen LogP contribution is -2.49. The van der Waals surface area contributed by atoms with Crippen LogP contribution in [0.15, 0.2) is 77.4 Å². The number of carbonyl (C=O) groups excluding carboxylic acids is 3. The van der Waals surface area contributed by atoms with Crippen molar-refractivity contribution in [1.82, 2.24) is 10.6 Å².